The zero-order chi connectivity index (χ0) is 25.5. The van der Waals surface area contributed by atoms with E-state index in [-0.39, 0.29) is 5.88 Å². The van der Waals surface area contributed by atoms with Gasteiger partial charge in [0, 0.05) is 58.6 Å². The van der Waals surface area contributed by atoms with Crippen LogP contribution in [0.4, 0.5) is 5.69 Å². The van der Waals surface area contributed by atoms with Crippen molar-refractivity contribution in [3.63, 3.8) is 0 Å². The lowest BCUT2D eigenvalue weighted by Gasteiger charge is -2.09. The molecular weight excluding hydrogens is 466 g/mol. The number of aromatic nitrogens is 4. The molecular formula is C29H23N5O3. The highest BCUT2D eigenvalue weighted by Gasteiger charge is 2.20. The monoisotopic (exact) mass is 489 g/mol. The molecule has 0 unspecified atom stereocenters. The highest BCUT2D eigenvalue weighted by Crippen LogP contribution is 2.33. The van der Waals surface area contributed by atoms with Crippen LogP contribution in [0.25, 0.3) is 33.2 Å². The van der Waals surface area contributed by atoms with Crippen LogP contribution < -0.4 is 0 Å². The molecule has 0 saturated heterocycles. The molecule has 0 spiro atoms. The topological polar surface area (TPSA) is 108 Å². The van der Waals surface area contributed by atoms with Gasteiger partial charge in [-0.2, -0.15) is 0 Å². The fraction of sp³-hybridized carbons (Fsp3) is 0.0690. The van der Waals surface area contributed by atoms with E-state index in [1.54, 1.807) is 24.4 Å². The van der Waals surface area contributed by atoms with Gasteiger partial charge in [-0.25, -0.2) is 14.8 Å². The molecule has 3 aromatic heterocycles. The lowest BCUT2D eigenvalue weighted by atomic mass is 9.99. The SMILES string of the molecule is COC(=O)c1ccc2c(C(=Nc3ccc(-c4nccn4C)cc3)c3ccc4[nH]ccc4c3)c(O)[nH]c2c1. The van der Waals surface area contributed by atoms with Gasteiger partial charge in [-0.3, -0.25) is 0 Å². The van der Waals surface area contributed by atoms with E-state index in [2.05, 4.69) is 15.0 Å². The third-order valence-corrected chi connectivity index (χ3v) is 6.45. The van der Waals surface area contributed by atoms with Crippen LogP contribution in [0.5, 0.6) is 5.88 Å². The highest BCUT2D eigenvalue weighted by molar-refractivity contribution is 6.22. The van der Waals surface area contributed by atoms with Gasteiger partial charge >= 0.3 is 5.97 Å². The molecule has 6 rings (SSSR count). The van der Waals surface area contributed by atoms with Gasteiger partial charge in [0.05, 0.1) is 29.6 Å². The van der Waals surface area contributed by atoms with Crippen LogP contribution in [0, 0.1) is 0 Å². The van der Waals surface area contributed by atoms with Crippen molar-refractivity contribution < 1.29 is 14.6 Å². The normalized spacial score (nSPS) is 11.9. The Balaban J connectivity index is 1.52. The smallest absolute Gasteiger partial charge is 0.337 e. The number of hydrogen-bond acceptors (Lipinski definition) is 5. The molecule has 0 aliphatic heterocycles. The van der Waals surface area contributed by atoms with Crippen LogP contribution in [-0.4, -0.2) is 43.4 Å². The number of nitrogens with one attached hydrogen (secondary N) is 2. The second kappa shape index (κ2) is 8.83. The number of aromatic hydroxyl groups is 1. The van der Waals surface area contributed by atoms with Crippen LogP contribution in [0.15, 0.2) is 90.3 Å². The predicted octanol–water partition coefficient (Wildman–Crippen LogP) is 5.71. The van der Waals surface area contributed by atoms with Gasteiger partial charge in [0.2, 0.25) is 0 Å². The van der Waals surface area contributed by atoms with Crippen LogP contribution in [0.3, 0.4) is 0 Å². The molecule has 0 radical (unpaired) electrons. The second-order valence-electron chi connectivity index (χ2n) is 8.75. The van der Waals surface area contributed by atoms with Crippen molar-refractivity contribution >= 4 is 39.2 Å². The average molecular weight is 490 g/mol. The van der Waals surface area contributed by atoms with E-state index >= 15 is 0 Å². The van der Waals surface area contributed by atoms with Crippen LogP contribution in [-0.2, 0) is 11.8 Å². The minimum absolute atomic E-state index is 0.0328. The van der Waals surface area contributed by atoms with E-state index in [4.69, 9.17) is 9.73 Å². The lowest BCUT2D eigenvalue weighted by Crippen LogP contribution is -2.03. The van der Waals surface area contributed by atoms with Crippen molar-refractivity contribution in [3.8, 4) is 17.3 Å². The molecule has 0 aliphatic carbocycles. The number of aromatic amines is 2. The molecule has 0 fully saturated rings. The standard InChI is InChI=1S/C29H23N5O3/c1-34-14-13-31-27(34)17-3-7-21(8-4-17)32-26(19-6-10-23-18(15-19)11-12-30-23)25-22-9-5-20(29(36)37-2)16-24(22)33-28(25)35/h3-16,30,33,35H,1-2H3. The highest BCUT2D eigenvalue weighted by atomic mass is 16.5. The number of aliphatic imine (C=N–C) groups is 1. The number of hydrogen-bond donors (Lipinski definition) is 3. The summed E-state index contributed by atoms with van der Waals surface area (Å²) in [6.07, 6.45) is 5.56. The number of imidazole rings is 1. The summed E-state index contributed by atoms with van der Waals surface area (Å²) in [6, 6.07) is 21.0. The number of carbonyl (C=O) groups is 1. The van der Waals surface area contributed by atoms with Crippen LogP contribution >= 0.6 is 0 Å². The number of esters is 1. The Morgan fingerprint density at radius 3 is 2.57 bits per heavy atom. The molecule has 6 aromatic rings. The van der Waals surface area contributed by atoms with Gasteiger partial charge in [0.1, 0.15) is 5.82 Å². The van der Waals surface area contributed by atoms with Crippen molar-refractivity contribution in [2.24, 2.45) is 12.0 Å². The van der Waals surface area contributed by atoms with Gasteiger partial charge in [-0.1, -0.05) is 12.1 Å². The summed E-state index contributed by atoms with van der Waals surface area (Å²) < 4.78 is 6.81. The first-order valence-corrected chi connectivity index (χ1v) is 11.7. The summed E-state index contributed by atoms with van der Waals surface area (Å²) in [6.45, 7) is 0. The number of aryl methyl sites for hydroxylation is 1. The van der Waals surface area contributed by atoms with E-state index in [0.717, 1.165) is 38.9 Å². The molecule has 182 valence electrons. The maximum atomic E-state index is 12.0. The van der Waals surface area contributed by atoms with Crippen molar-refractivity contribution in [3.05, 3.63) is 102 Å². The second-order valence-corrected chi connectivity index (χ2v) is 8.75. The number of nitrogens with zero attached hydrogens (tertiary/aromatic N) is 3. The zero-order valence-corrected chi connectivity index (χ0v) is 20.2. The summed E-state index contributed by atoms with van der Waals surface area (Å²) in [7, 11) is 3.29. The fourth-order valence-electron chi connectivity index (χ4n) is 4.59. The number of rotatable bonds is 5. The molecule has 3 aromatic carbocycles. The maximum Gasteiger partial charge on any atom is 0.337 e. The predicted molar refractivity (Wildman–Crippen MR) is 144 cm³/mol. The van der Waals surface area contributed by atoms with Gasteiger partial charge in [0.15, 0.2) is 5.88 Å². The fourth-order valence-corrected chi connectivity index (χ4v) is 4.59. The van der Waals surface area contributed by atoms with Gasteiger partial charge < -0.3 is 24.4 Å². The quantitative estimate of drug-likeness (QED) is 0.213. The third-order valence-electron chi connectivity index (χ3n) is 6.45. The maximum absolute atomic E-state index is 12.0. The summed E-state index contributed by atoms with van der Waals surface area (Å²) in [5.74, 6) is 0.385. The molecule has 8 heteroatoms. The largest absolute Gasteiger partial charge is 0.494 e. The Morgan fingerprint density at radius 1 is 1.00 bits per heavy atom. The molecule has 8 nitrogen and oxygen atoms in total. The Labute approximate surface area is 211 Å². The van der Waals surface area contributed by atoms with E-state index in [1.165, 1.54) is 7.11 Å². The Kier molecular flexibility index (Phi) is 5.34. The van der Waals surface area contributed by atoms with Gasteiger partial charge in [0.25, 0.3) is 0 Å². The minimum Gasteiger partial charge on any atom is -0.494 e. The molecule has 0 atom stereocenters. The molecule has 37 heavy (non-hydrogen) atoms. The van der Waals surface area contributed by atoms with Crippen molar-refractivity contribution in [1.29, 1.82) is 0 Å². The molecule has 0 bridgehead atoms. The number of carbonyl (C=O) groups excluding carboxylic acids is 1. The lowest BCUT2D eigenvalue weighted by molar-refractivity contribution is 0.0601. The zero-order valence-electron chi connectivity index (χ0n) is 20.2. The molecule has 0 aliphatic rings. The van der Waals surface area contributed by atoms with Crippen LogP contribution in [0.1, 0.15) is 21.5 Å². The third kappa shape index (κ3) is 3.94. The summed E-state index contributed by atoms with van der Waals surface area (Å²) >= 11 is 0. The van der Waals surface area contributed by atoms with E-state index in [9.17, 15) is 9.90 Å². The number of fused-ring (bicyclic) bond motifs is 2. The van der Waals surface area contributed by atoms with Crippen molar-refractivity contribution in [1.82, 2.24) is 19.5 Å². The molecule has 0 saturated carbocycles. The average Bonchev–Trinajstić information content (AvgIpc) is 3.64. The first-order chi connectivity index (χ1) is 18.0. The minimum atomic E-state index is -0.447. The van der Waals surface area contributed by atoms with Gasteiger partial charge in [-0.15, -0.1) is 0 Å². The number of methoxy groups -OCH3 is 1. The van der Waals surface area contributed by atoms with E-state index in [0.29, 0.717) is 22.4 Å². The van der Waals surface area contributed by atoms with Crippen molar-refractivity contribution in [2.45, 2.75) is 0 Å². The number of benzene rings is 3. The Bertz CT molecular complexity index is 1800. The van der Waals surface area contributed by atoms with E-state index in [1.807, 2.05) is 72.5 Å². The Hall–Kier alpha value is -5.11. The summed E-state index contributed by atoms with van der Waals surface area (Å²) in [5.41, 5.74) is 5.70. The molecule has 3 N–H and O–H groups in total. The summed E-state index contributed by atoms with van der Waals surface area (Å²) in [4.78, 5) is 27.7. The van der Waals surface area contributed by atoms with Gasteiger partial charge in [-0.05, 0) is 54.6 Å². The molecule has 3 heterocycles. The first kappa shape index (κ1) is 22.4. The van der Waals surface area contributed by atoms with Crippen molar-refractivity contribution in [2.75, 3.05) is 7.11 Å². The number of ether oxygens (including phenoxy) is 1. The number of H-pyrrole nitrogens is 2. The summed E-state index contributed by atoms with van der Waals surface area (Å²) in [5, 5.41) is 12.8. The van der Waals surface area contributed by atoms with E-state index < -0.39 is 5.97 Å². The Morgan fingerprint density at radius 2 is 1.81 bits per heavy atom. The molecule has 0 amide bonds. The van der Waals surface area contributed by atoms with Crippen LogP contribution in [0.2, 0.25) is 0 Å². The first-order valence-electron chi connectivity index (χ1n) is 11.7.